The first kappa shape index (κ1) is 14.2. The standard InChI is InChI=1S/C12H20N2O2S/c1-12(2,10-13)6-3-4-7-14-11-5-8-17(15,16)9-11/h5,8,11,14H,3-4,6-7,9H2,1-2H3. The van der Waals surface area contributed by atoms with E-state index in [1.165, 1.54) is 5.41 Å². The van der Waals surface area contributed by atoms with Crippen molar-refractivity contribution < 1.29 is 8.42 Å². The highest BCUT2D eigenvalue weighted by Gasteiger charge is 2.20. The monoisotopic (exact) mass is 256 g/mol. The first-order chi connectivity index (χ1) is 7.85. The fraction of sp³-hybridized carbons (Fsp3) is 0.750. The van der Waals surface area contributed by atoms with Crippen molar-refractivity contribution in [1.82, 2.24) is 5.32 Å². The molecule has 4 nitrogen and oxygen atoms in total. The van der Waals surface area contributed by atoms with Gasteiger partial charge in [0.1, 0.15) is 0 Å². The van der Waals surface area contributed by atoms with E-state index in [4.69, 9.17) is 5.26 Å². The van der Waals surface area contributed by atoms with Crippen LogP contribution in [0.15, 0.2) is 11.5 Å². The zero-order chi connectivity index (χ0) is 12.9. The molecule has 1 heterocycles. The van der Waals surface area contributed by atoms with Gasteiger partial charge >= 0.3 is 0 Å². The van der Waals surface area contributed by atoms with Crippen molar-refractivity contribution in [2.75, 3.05) is 12.3 Å². The molecule has 0 aromatic carbocycles. The molecule has 0 amide bonds. The van der Waals surface area contributed by atoms with Crippen LogP contribution in [0.3, 0.4) is 0 Å². The maximum Gasteiger partial charge on any atom is 0.173 e. The van der Waals surface area contributed by atoms with Gasteiger partial charge in [-0.3, -0.25) is 0 Å². The number of nitrogens with one attached hydrogen (secondary N) is 1. The molecule has 1 atom stereocenters. The SMILES string of the molecule is CC(C)(C#N)CCCCNC1C=CS(=O)(=O)C1. The van der Waals surface area contributed by atoms with E-state index in [0.717, 1.165) is 25.8 Å². The van der Waals surface area contributed by atoms with E-state index in [0.29, 0.717) is 0 Å². The number of nitrogens with zero attached hydrogens (tertiary/aromatic N) is 1. The predicted octanol–water partition coefficient (Wildman–Crippen LogP) is 1.61. The molecule has 0 saturated carbocycles. The third kappa shape index (κ3) is 5.33. The predicted molar refractivity (Wildman–Crippen MR) is 68.0 cm³/mol. The quantitative estimate of drug-likeness (QED) is 0.733. The third-order valence-electron chi connectivity index (χ3n) is 2.87. The summed E-state index contributed by atoms with van der Waals surface area (Å²) in [6.45, 7) is 4.67. The zero-order valence-electron chi connectivity index (χ0n) is 10.4. The number of sulfone groups is 1. The van der Waals surface area contributed by atoms with E-state index in [1.54, 1.807) is 6.08 Å². The van der Waals surface area contributed by atoms with E-state index in [-0.39, 0.29) is 17.2 Å². The van der Waals surface area contributed by atoms with Crippen LogP contribution >= 0.6 is 0 Å². The van der Waals surface area contributed by atoms with Gasteiger partial charge in [-0.15, -0.1) is 0 Å². The van der Waals surface area contributed by atoms with Crippen LogP contribution < -0.4 is 5.32 Å². The molecule has 0 radical (unpaired) electrons. The minimum absolute atomic E-state index is 0.0380. The normalized spacial score (nSPS) is 22.5. The van der Waals surface area contributed by atoms with Crippen LogP contribution in [-0.2, 0) is 9.84 Å². The molecular formula is C12H20N2O2S. The lowest BCUT2D eigenvalue weighted by Gasteiger charge is -2.15. The summed E-state index contributed by atoms with van der Waals surface area (Å²) in [5.41, 5.74) is -0.253. The van der Waals surface area contributed by atoms with Crippen LogP contribution in [0.5, 0.6) is 0 Å². The third-order valence-corrected chi connectivity index (χ3v) is 4.26. The van der Waals surface area contributed by atoms with E-state index in [9.17, 15) is 8.42 Å². The van der Waals surface area contributed by atoms with Crippen molar-refractivity contribution in [2.45, 2.75) is 39.2 Å². The lowest BCUT2D eigenvalue weighted by molar-refractivity contribution is 0.421. The van der Waals surface area contributed by atoms with Crippen LogP contribution in [0.4, 0.5) is 0 Å². The summed E-state index contributed by atoms with van der Waals surface area (Å²) in [5.74, 6) is 0.177. The molecule has 0 aliphatic carbocycles. The van der Waals surface area contributed by atoms with Crippen molar-refractivity contribution in [2.24, 2.45) is 5.41 Å². The van der Waals surface area contributed by atoms with Crippen molar-refractivity contribution in [3.63, 3.8) is 0 Å². The molecule has 0 bridgehead atoms. The van der Waals surface area contributed by atoms with Gasteiger partial charge in [-0.1, -0.05) is 12.5 Å². The Morgan fingerprint density at radius 1 is 1.47 bits per heavy atom. The Morgan fingerprint density at radius 2 is 2.18 bits per heavy atom. The van der Waals surface area contributed by atoms with Crippen LogP contribution in [0.2, 0.25) is 0 Å². The zero-order valence-corrected chi connectivity index (χ0v) is 11.3. The molecule has 1 aliphatic rings. The summed E-state index contributed by atoms with van der Waals surface area (Å²) >= 11 is 0. The lowest BCUT2D eigenvalue weighted by atomic mass is 9.89. The largest absolute Gasteiger partial charge is 0.310 e. The Hall–Kier alpha value is -0.860. The number of hydrogen-bond donors (Lipinski definition) is 1. The summed E-state index contributed by atoms with van der Waals surface area (Å²) in [6.07, 6.45) is 4.53. The fourth-order valence-corrected chi connectivity index (χ4v) is 3.01. The smallest absolute Gasteiger partial charge is 0.173 e. The summed E-state index contributed by atoms with van der Waals surface area (Å²) in [7, 11) is -2.95. The Balaban J connectivity index is 2.11. The second kappa shape index (κ2) is 5.65. The lowest BCUT2D eigenvalue weighted by Crippen LogP contribution is -2.30. The van der Waals surface area contributed by atoms with Crippen molar-refractivity contribution >= 4 is 9.84 Å². The molecule has 17 heavy (non-hydrogen) atoms. The van der Waals surface area contributed by atoms with Crippen LogP contribution in [-0.4, -0.2) is 26.8 Å². The van der Waals surface area contributed by atoms with Gasteiger partial charge in [0.15, 0.2) is 9.84 Å². The minimum Gasteiger partial charge on any atom is -0.310 e. The van der Waals surface area contributed by atoms with Crippen molar-refractivity contribution in [1.29, 1.82) is 5.26 Å². The molecule has 0 aromatic rings. The van der Waals surface area contributed by atoms with Crippen molar-refractivity contribution in [3.05, 3.63) is 11.5 Å². The molecular weight excluding hydrogens is 236 g/mol. The average Bonchev–Trinajstić information content (AvgIpc) is 2.58. The Morgan fingerprint density at radius 3 is 2.71 bits per heavy atom. The van der Waals surface area contributed by atoms with Gasteiger partial charge in [-0.05, 0) is 33.2 Å². The molecule has 1 unspecified atom stereocenters. The van der Waals surface area contributed by atoms with Gasteiger partial charge in [-0.2, -0.15) is 5.26 Å². The van der Waals surface area contributed by atoms with Gasteiger partial charge in [0.25, 0.3) is 0 Å². The number of rotatable bonds is 6. The fourth-order valence-electron chi connectivity index (χ4n) is 1.74. The maximum absolute atomic E-state index is 11.1. The first-order valence-electron chi connectivity index (χ1n) is 5.90. The highest BCUT2D eigenvalue weighted by Crippen LogP contribution is 2.21. The average molecular weight is 256 g/mol. The molecule has 0 saturated heterocycles. The second-order valence-electron chi connectivity index (χ2n) is 5.17. The van der Waals surface area contributed by atoms with Gasteiger partial charge in [-0.25, -0.2) is 8.42 Å². The Kier molecular flexibility index (Phi) is 4.72. The van der Waals surface area contributed by atoms with E-state index in [2.05, 4.69) is 11.4 Å². The number of unbranched alkanes of at least 4 members (excludes halogenated alkanes) is 1. The summed E-state index contributed by atoms with van der Waals surface area (Å²) in [6, 6.07) is 2.24. The molecule has 5 heteroatoms. The first-order valence-corrected chi connectivity index (χ1v) is 7.62. The summed E-state index contributed by atoms with van der Waals surface area (Å²) < 4.78 is 22.3. The van der Waals surface area contributed by atoms with Gasteiger partial charge < -0.3 is 5.32 Å². The molecule has 0 spiro atoms. The Bertz CT molecular complexity index is 418. The van der Waals surface area contributed by atoms with Crippen LogP contribution in [0.1, 0.15) is 33.1 Å². The van der Waals surface area contributed by atoms with Gasteiger partial charge in [0, 0.05) is 11.4 Å². The van der Waals surface area contributed by atoms with Gasteiger partial charge in [0.2, 0.25) is 0 Å². The van der Waals surface area contributed by atoms with E-state index < -0.39 is 9.84 Å². The Labute approximate surface area is 104 Å². The summed E-state index contributed by atoms with van der Waals surface area (Å²) in [4.78, 5) is 0. The number of nitriles is 1. The molecule has 1 N–H and O–H groups in total. The molecule has 1 rings (SSSR count). The number of hydrogen-bond acceptors (Lipinski definition) is 4. The highest BCUT2D eigenvalue weighted by atomic mass is 32.2. The minimum atomic E-state index is -2.95. The molecule has 96 valence electrons. The van der Waals surface area contributed by atoms with Gasteiger partial charge in [0.05, 0.1) is 17.2 Å². The molecule has 0 aromatic heterocycles. The van der Waals surface area contributed by atoms with Crippen molar-refractivity contribution in [3.8, 4) is 6.07 Å². The molecule has 0 fully saturated rings. The van der Waals surface area contributed by atoms with E-state index >= 15 is 0 Å². The second-order valence-corrected chi connectivity index (χ2v) is 7.10. The van der Waals surface area contributed by atoms with E-state index in [1.807, 2.05) is 13.8 Å². The maximum atomic E-state index is 11.1. The molecule has 1 aliphatic heterocycles. The van der Waals surface area contributed by atoms with Crippen LogP contribution in [0.25, 0.3) is 0 Å². The summed E-state index contributed by atoms with van der Waals surface area (Å²) in [5, 5.41) is 13.3. The highest BCUT2D eigenvalue weighted by molar-refractivity contribution is 7.94. The topological polar surface area (TPSA) is 70.0 Å². The van der Waals surface area contributed by atoms with Crippen LogP contribution in [0, 0.1) is 16.7 Å².